The Labute approximate surface area is 30.9 Å². The van der Waals surface area contributed by atoms with E-state index in [9.17, 15) is 0 Å². The minimum Gasteiger partial charge on any atom is -0.411 e. The molecule has 0 aromatic carbocycles. The van der Waals surface area contributed by atoms with Crippen LogP contribution in [0.1, 0.15) is 1.37 Å². The van der Waals surface area contributed by atoms with Crippen molar-refractivity contribution >= 4 is 6.69 Å². The van der Waals surface area contributed by atoms with Crippen LogP contribution in [0.15, 0.2) is 5.16 Å². The quantitative estimate of drug-likeness (QED) is 0.206. The van der Waals surface area contributed by atoms with Crippen LogP contribution >= 0.6 is 0 Å². The average Bonchev–Trinajstić information content (AvgIpc) is 1.72. The van der Waals surface area contributed by atoms with Crippen LogP contribution < -0.4 is 5.90 Å². The molecule has 0 aliphatic rings. The summed E-state index contributed by atoms with van der Waals surface area (Å²) in [6.45, 7) is 0.556. The zero-order chi connectivity index (χ0) is 5.41. The van der Waals surface area contributed by atoms with E-state index in [4.69, 9.17) is 11.8 Å². The standard InChI is InChI=1S/CH3NO.H3NO/c1-2-3;1-2/h3H,1H2;2H,1H2/i1D;. The van der Waals surface area contributed by atoms with Gasteiger partial charge < -0.3 is 10.4 Å². The minimum absolute atomic E-state index is 0.556. The summed E-state index contributed by atoms with van der Waals surface area (Å²) < 4.78 is 5.91. The summed E-state index contributed by atoms with van der Waals surface area (Å²) in [5.41, 5.74) is 0. The minimum atomic E-state index is 0.556. The Balaban J connectivity index is 0. The molecular weight excluding hydrogens is 72.0 g/mol. The molecule has 0 atom stereocenters. The first-order valence-electron chi connectivity index (χ1n) is 1.29. The number of hydrogen-bond donors (Lipinski definition) is 3. The second-order valence-electron chi connectivity index (χ2n) is 0.115. The lowest BCUT2D eigenvalue weighted by Crippen LogP contribution is -1.72. The Morgan fingerprint density at radius 3 is 2.20 bits per heavy atom. The van der Waals surface area contributed by atoms with E-state index >= 15 is 0 Å². The van der Waals surface area contributed by atoms with Gasteiger partial charge in [-0.15, -0.1) is 5.16 Å². The molecule has 0 bridgehead atoms. The van der Waals surface area contributed by atoms with Gasteiger partial charge in [-0.05, 0) is 0 Å². The van der Waals surface area contributed by atoms with Crippen molar-refractivity contribution in [3.05, 3.63) is 0 Å². The number of nitrogens with zero attached hydrogens (tertiary/aromatic N) is 1. The van der Waals surface area contributed by atoms with Gasteiger partial charge in [-0.1, -0.05) is 0 Å². The molecule has 0 saturated carbocycles. The van der Waals surface area contributed by atoms with Crippen molar-refractivity contribution in [1.82, 2.24) is 0 Å². The van der Waals surface area contributed by atoms with Gasteiger partial charge in [-0.25, -0.2) is 5.90 Å². The highest BCUT2D eigenvalue weighted by Crippen LogP contribution is 1.20. The average molecular weight is 79.1 g/mol. The monoisotopic (exact) mass is 79.0 g/mol. The maximum absolute atomic E-state index is 7.26. The molecule has 32 valence electrons. The van der Waals surface area contributed by atoms with Gasteiger partial charge in [0.1, 0.15) is 0 Å². The molecule has 0 radical (unpaired) electrons. The van der Waals surface area contributed by atoms with E-state index in [0.29, 0.717) is 6.69 Å². The Morgan fingerprint density at radius 1 is 2.00 bits per heavy atom. The fourth-order valence-electron chi connectivity index (χ4n) is 0. The number of nitrogens with two attached hydrogens (primary N) is 1. The topological polar surface area (TPSA) is 78.8 Å². The van der Waals surface area contributed by atoms with Gasteiger partial charge in [0, 0.05) is 6.69 Å². The Kier molecular flexibility index (Phi) is 112. The molecule has 0 aliphatic carbocycles. The molecule has 0 unspecified atom stereocenters. The summed E-state index contributed by atoms with van der Waals surface area (Å²) in [4.78, 5) is 0. The van der Waals surface area contributed by atoms with Crippen molar-refractivity contribution in [2.75, 3.05) is 0 Å². The molecule has 0 spiro atoms. The molecule has 0 aromatic heterocycles. The van der Waals surface area contributed by atoms with Gasteiger partial charge in [-0.3, -0.25) is 0 Å². The molecule has 4 nitrogen and oxygen atoms in total. The van der Waals surface area contributed by atoms with E-state index in [1.807, 2.05) is 0 Å². The van der Waals surface area contributed by atoms with E-state index in [1.165, 1.54) is 0 Å². The van der Waals surface area contributed by atoms with Crippen LogP contribution in [0.2, 0.25) is 0 Å². The lowest BCUT2D eigenvalue weighted by atomic mass is 11.8. The fourth-order valence-corrected chi connectivity index (χ4v) is 0. The first-order chi connectivity index (χ1) is 2.91. The third-order valence-corrected chi connectivity index (χ3v) is 0. The van der Waals surface area contributed by atoms with Crippen LogP contribution in [-0.2, 0) is 0 Å². The van der Waals surface area contributed by atoms with Crippen molar-refractivity contribution < 1.29 is 11.8 Å². The molecule has 0 rings (SSSR count). The van der Waals surface area contributed by atoms with E-state index in [-0.39, 0.29) is 0 Å². The van der Waals surface area contributed by atoms with Crippen LogP contribution in [0.3, 0.4) is 0 Å². The maximum atomic E-state index is 7.26. The normalized spacial score (nSPS) is 8.80. The second kappa shape index (κ2) is 127. The van der Waals surface area contributed by atoms with Crippen LogP contribution in [-0.4, -0.2) is 17.1 Å². The lowest BCUT2D eigenvalue weighted by molar-refractivity contribution is 0.311. The molecule has 4 N–H and O–H groups in total. The first-order valence-corrected chi connectivity index (χ1v) is 0.716. The van der Waals surface area contributed by atoms with Crippen molar-refractivity contribution in [2.45, 2.75) is 0 Å². The van der Waals surface area contributed by atoms with Crippen LogP contribution in [0.5, 0.6) is 0 Å². The highest BCUT2D eigenvalue weighted by Gasteiger charge is 1.06. The predicted octanol–water partition coefficient (Wildman–Crippen LogP) is -0.590. The van der Waals surface area contributed by atoms with Gasteiger partial charge in [0.15, 0.2) is 0 Å². The van der Waals surface area contributed by atoms with E-state index in [2.05, 4.69) is 11.1 Å². The van der Waals surface area contributed by atoms with E-state index in [1.54, 1.807) is 0 Å². The fraction of sp³-hybridized carbons (Fsp3) is 0. The smallest absolute Gasteiger partial charge is 0.0788 e. The molecule has 4 heteroatoms. The highest BCUT2D eigenvalue weighted by atomic mass is 16.4. The Bertz CT molecular complexity index is 26.7. The summed E-state index contributed by atoms with van der Waals surface area (Å²) in [5.74, 6) is 3.50. The van der Waals surface area contributed by atoms with Crippen molar-refractivity contribution in [3.8, 4) is 0 Å². The van der Waals surface area contributed by atoms with Crippen LogP contribution in [0.25, 0.3) is 0 Å². The summed E-state index contributed by atoms with van der Waals surface area (Å²) in [5, 5.41) is 16.0. The van der Waals surface area contributed by atoms with E-state index in [0.717, 1.165) is 0 Å². The number of hydrogen-bond acceptors (Lipinski definition) is 4. The SMILES string of the molecule is NO.[2H]C=NO. The molecule has 0 amide bonds. The van der Waals surface area contributed by atoms with Crippen molar-refractivity contribution in [1.29, 1.82) is 0 Å². The number of rotatable bonds is 0. The summed E-state index contributed by atoms with van der Waals surface area (Å²) in [7, 11) is 0. The molecule has 0 saturated heterocycles. The zero-order valence-electron chi connectivity index (χ0n) is 3.50. The van der Waals surface area contributed by atoms with Gasteiger partial charge in [0.25, 0.3) is 0 Å². The number of oxime groups is 1. The summed E-state index contributed by atoms with van der Waals surface area (Å²) >= 11 is 0. The third-order valence-electron chi connectivity index (χ3n) is 0. The summed E-state index contributed by atoms with van der Waals surface area (Å²) in [6, 6.07) is 0. The zero-order valence-corrected chi connectivity index (χ0v) is 2.50. The van der Waals surface area contributed by atoms with Crippen LogP contribution in [0, 0.1) is 0 Å². The van der Waals surface area contributed by atoms with Crippen LogP contribution in [0.4, 0.5) is 0 Å². The Morgan fingerprint density at radius 2 is 2.20 bits per heavy atom. The molecule has 0 fully saturated rings. The van der Waals surface area contributed by atoms with Gasteiger partial charge in [0.05, 0.1) is 1.37 Å². The van der Waals surface area contributed by atoms with E-state index < -0.39 is 0 Å². The summed E-state index contributed by atoms with van der Waals surface area (Å²) in [6.07, 6.45) is 0. The molecule has 0 heterocycles. The molecule has 5 heavy (non-hydrogen) atoms. The maximum Gasteiger partial charge on any atom is 0.0788 e. The molecule has 0 aliphatic heterocycles. The van der Waals surface area contributed by atoms with Crippen molar-refractivity contribution in [2.24, 2.45) is 11.1 Å². The van der Waals surface area contributed by atoms with Gasteiger partial charge in [-0.2, -0.15) is 0 Å². The third kappa shape index (κ3) is 17.6. The molecular formula is CH6N2O2. The second-order valence-corrected chi connectivity index (χ2v) is 0.115. The van der Waals surface area contributed by atoms with Gasteiger partial charge >= 0.3 is 0 Å². The molecule has 0 aromatic rings. The van der Waals surface area contributed by atoms with Gasteiger partial charge in [0.2, 0.25) is 0 Å². The highest BCUT2D eigenvalue weighted by molar-refractivity contribution is 5.20. The largest absolute Gasteiger partial charge is 0.411 e. The predicted molar refractivity (Wildman–Crippen MR) is 17.3 cm³/mol. The Hall–Kier alpha value is -0.610. The van der Waals surface area contributed by atoms with Crippen molar-refractivity contribution in [3.63, 3.8) is 0 Å². The lowest BCUT2D eigenvalue weighted by Gasteiger charge is -1.43. The first kappa shape index (κ1) is 4.39.